The largest absolute Gasteiger partial charge is 0.504 e. The Labute approximate surface area is 137 Å². The fourth-order valence-corrected chi connectivity index (χ4v) is 1.77. The summed E-state index contributed by atoms with van der Waals surface area (Å²) in [5.41, 5.74) is 1.67. The molecule has 0 atom stereocenters. The van der Waals surface area contributed by atoms with Gasteiger partial charge in [0, 0.05) is 30.3 Å². The van der Waals surface area contributed by atoms with Crippen molar-refractivity contribution in [3.05, 3.63) is 23.8 Å². The van der Waals surface area contributed by atoms with Gasteiger partial charge < -0.3 is 15.1 Å². The molecule has 23 heavy (non-hydrogen) atoms. The molecular weight excluding hydrogens is 294 g/mol. The number of phenols is 1. The Kier molecular flexibility index (Phi) is 6.75. The standard InChI is InChI=1S/C17H25N3O3/c1-12(13(2)20-22)19-11-17(3,4)10-18-9-14-7-6-8-15(23-5)16(14)21/h6-9,21-22H,10-11H2,1-5H3/b18-9?,19-12?,20-13+. The van der Waals surface area contributed by atoms with Gasteiger partial charge in [-0.3, -0.25) is 9.98 Å². The van der Waals surface area contributed by atoms with Crippen LogP contribution in [0.3, 0.4) is 0 Å². The summed E-state index contributed by atoms with van der Waals surface area (Å²) in [4.78, 5) is 8.82. The first-order valence-corrected chi connectivity index (χ1v) is 7.36. The van der Waals surface area contributed by atoms with Crippen LogP contribution >= 0.6 is 0 Å². The summed E-state index contributed by atoms with van der Waals surface area (Å²) in [6.07, 6.45) is 1.64. The summed E-state index contributed by atoms with van der Waals surface area (Å²) in [6.45, 7) is 8.73. The van der Waals surface area contributed by atoms with Crippen LogP contribution in [-0.2, 0) is 0 Å². The molecular formula is C17H25N3O3. The molecule has 0 aliphatic carbocycles. The lowest BCUT2D eigenvalue weighted by Crippen LogP contribution is -2.21. The van der Waals surface area contributed by atoms with E-state index in [1.807, 2.05) is 6.92 Å². The van der Waals surface area contributed by atoms with E-state index in [0.29, 0.717) is 35.8 Å². The molecule has 1 aromatic rings. The number of para-hydroxylation sites is 1. The molecule has 0 amide bonds. The summed E-state index contributed by atoms with van der Waals surface area (Å²) in [5, 5.41) is 21.9. The smallest absolute Gasteiger partial charge is 0.166 e. The molecule has 0 spiro atoms. The number of methoxy groups -OCH3 is 1. The Bertz CT molecular complexity index is 620. The van der Waals surface area contributed by atoms with E-state index in [2.05, 4.69) is 29.0 Å². The van der Waals surface area contributed by atoms with Gasteiger partial charge >= 0.3 is 0 Å². The maximum Gasteiger partial charge on any atom is 0.166 e. The maximum absolute atomic E-state index is 10.0. The van der Waals surface area contributed by atoms with E-state index in [9.17, 15) is 5.11 Å². The van der Waals surface area contributed by atoms with E-state index in [0.717, 1.165) is 0 Å². The van der Waals surface area contributed by atoms with E-state index >= 15 is 0 Å². The molecule has 0 saturated heterocycles. The number of rotatable bonds is 7. The van der Waals surface area contributed by atoms with Crippen molar-refractivity contribution in [2.45, 2.75) is 27.7 Å². The van der Waals surface area contributed by atoms with Gasteiger partial charge in [0.1, 0.15) is 0 Å². The summed E-state index contributed by atoms with van der Waals surface area (Å²) < 4.78 is 5.07. The minimum absolute atomic E-state index is 0.0835. The van der Waals surface area contributed by atoms with E-state index in [1.54, 1.807) is 31.3 Å². The first-order valence-electron chi connectivity index (χ1n) is 7.36. The zero-order valence-electron chi connectivity index (χ0n) is 14.4. The number of aromatic hydroxyl groups is 1. The summed E-state index contributed by atoms with van der Waals surface area (Å²) in [6, 6.07) is 5.27. The lowest BCUT2D eigenvalue weighted by atomic mass is 9.94. The molecule has 0 aromatic heterocycles. The fourth-order valence-electron chi connectivity index (χ4n) is 1.77. The minimum atomic E-state index is -0.151. The zero-order chi connectivity index (χ0) is 17.5. The van der Waals surface area contributed by atoms with Gasteiger partial charge in [0.15, 0.2) is 11.5 Å². The second-order valence-corrected chi connectivity index (χ2v) is 6.12. The average Bonchev–Trinajstić information content (AvgIpc) is 2.53. The van der Waals surface area contributed by atoms with Crippen molar-refractivity contribution in [1.82, 2.24) is 0 Å². The van der Waals surface area contributed by atoms with Crippen molar-refractivity contribution in [3.63, 3.8) is 0 Å². The zero-order valence-corrected chi connectivity index (χ0v) is 14.4. The van der Waals surface area contributed by atoms with Crippen molar-refractivity contribution in [1.29, 1.82) is 0 Å². The third kappa shape index (κ3) is 5.73. The number of phenolic OH excluding ortho intramolecular Hbond substituents is 1. The molecule has 2 N–H and O–H groups in total. The Morgan fingerprint density at radius 3 is 2.52 bits per heavy atom. The highest BCUT2D eigenvalue weighted by Gasteiger charge is 2.17. The monoisotopic (exact) mass is 319 g/mol. The third-order valence-electron chi connectivity index (χ3n) is 3.42. The van der Waals surface area contributed by atoms with Gasteiger partial charge in [0.25, 0.3) is 0 Å². The number of oxime groups is 1. The molecule has 6 nitrogen and oxygen atoms in total. The lowest BCUT2D eigenvalue weighted by molar-refractivity contribution is 0.319. The van der Waals surface area contributed by atoms with Crippen LogP contribution in [0.5, 0.6) is 11.5 Å². The fraction of sp³-hybridized carbons (Fsp3) is 0.471. The van der Waals surface area contributed by atoms with E-state index in [4.69, 9.17) is 9.94 Å². The van der Waals surface area contributed by atoms with Gasteiger partial charge in [-0.2, -0.15) is 0 Å². The van der Waals surface area contributed by atoms with Crippen molar-refractivity contribution in [2.75, 3.05) is 20.2 Å². The quantitative estimate of drug-likeness (QED) is 0.460. The summed E-state index contributed by atoms with van der Waals surface area (Å²) in [7, 11) is 1.51. The van der Waals surface area contributed by atoms with E-state index in [-0.39, 0.29) is 11.2 Å². The molecule has 0 unspecified atom stereocenters. The molecule has 0 aliphatic heterocycles. The maximum atomic E-state index is 10.0. The average molecular weight is 319 g/mol. The third-order valence-corrected chi connectivity index (χ3v) is 3.42. The SMILES string of the molecule is COc1cccc(C=NCC(C)(C)CN=C(C)/C(C)=N/O)c1O. The highest BCUT2D eigenvalue weighted by Crippen LogP contribution is 2.28. The van der Waals surface area contributed by atoms with Crippen LogP contribution in [0, 0.1) is 5.41 Å². The van der Waals surface area contributed by atoms with Crippen LogP contribution in [0.25, 0.3) is 0 Å². The van der Waals surface area contributed by atoms with Crippen LogP contribution in [0.1, 0.15) is 33.3 Å². The van der Waals surface area contributed by atoms with Gasteiger partial charge in [-0.05, 0) is 26.0 Å². The van der Waals surface area contributed by atoms with E-state index in [1.165, 1.54) is 7.11 Å². The molecule has 126 valence electrons. The molecule has 1 rings (SSSR count). The highest BCUT2D eigenvalue weighted by atomic mass is 16.5. The molecule has 0 heterocycles. The van der Waals surface area contributed by atoms with Gasteiger partial charge in [-0.25, -0.2) is 0 Å². The van der Waals surface area contributed by atoms with Crippen LogP contribution in [0.15, 0.2) is 33.3 Å². The number of ether oxygens (including phenoxy) is 1. The number of benzene rings is 1. The van der Waals surface area contributed by atoms with Gasteiger partial charge in [-0.1, -0.05) is 25.1 Å². The number of hydrogen-bond donors (Lipinski definition) is 2. The summed E-state index contributed by atoms with van der Waals surface area (Å²) >= 11 is 0. The Morgan fingerprint density at radius 2 is 1.91 bits per heavy atom. The van der Waals surface area contributed by atoms with Crippen molar-refractivity contribution < 1.29 is 15.1 Å². The molecule has 0 bridgehead atoms. The van der Waals surface area contributed by atoms with Crippen LogP contribution in [-0.4, -0.2) is 48.2 Å². The Hall–Kier alpha value is -2.37. The normalized spacial score (nSPS) is 13.6. The second-order valence-electron chi connectivity index (χ2n) is 6.12. The van der Waals surface area contributed by atoms with Crippen molar-refractivity contribution >= 4 is 17.6 Å². The molecule has 0 saturated carbocycles. The van der Waals surface area contributed by atoms with E-state index < -0.39 is 0 Å². The molecule has 0 radical (unpaired) electrons. The number of hydrogen-bond acceptors (Lipinski definition) is 6. The topological polar surface area (TPSA) is 86.8 Å². The predicted molar refractivity (Wildman–Crippen MR) is 93.8 cm³/mol. The first-order chi connectivity index (χ1) is 10.8. The number of aliphatic imine (C=N–C) groups is 2. The van der Waals surface area contributed by atoms with Crippen LogP contribution in [0.4, 0.5) is 0 Å². The highest BCUT2D eigenvalue weighted by molar-refractivity contribution is 6.40. The predicted octanol–water partition coefficient (Wildman–Crippen LogP) is 3.16. The number of nitrogens with zero attached hydrogens (tertiary/aromatic N) is 3. The molecule has 1 aromatic carbocycles. The molecule has 6 heteroatoms. The van der Waals surface area contributed by atoms with Gasteiger partial charge in [0.05, 0.1) is 18.5 Å². The Morgan fingerprint density at radius 1 is 1.22 bits per heavy atom. The molecule has 0 fully saturated rings. The second kappa shape index (κ2) is 8.31. The lowest BCUT2D eigenvalue weighted by Gasteiger charge is -2.20. The van der Waals surface area contributed by atoms with Crippen molar-refractivity contribution in [3.8, 4) is 11.5 Å². The first kappa shape index (κ1) is 18.7. The molecule has 0 aliphatic rings. The van der Waals surface area contributed by atoms with Crippen LogP contribution < -0.4 is 4.74 Å². The summed E-state index contributed by atoms with van der Waals surface area (Å²) in [5.74, 6) is 0.507. The van der Waals surface area contributed by atoms with Crippen molar-refractivity contribution in [2.24, 2.45) is 20.6 Å². The van der Waals surface area contributed by atoms with Gasteiger partial charge in [-0.15, -0.1) is 0 Å². The Balaban J connectivity index is 2.73. The van der Waals surface area contributed by atoms with Gasteiger partial charge in [0.2, 0.25) is 0 Å². The van der Waals surface area contributed by atoms with Crippen LogP contribution in [0.2, 0.25) is 0 Å². The minimum Gasteiger partial charge on any atom is -0.504 e.